The fourth-order valence-corrected chi connectivity index (χ4v) is 1.23. The average Bonchev–Trinajstić information content (AvgIpc) is 2.37. The highest BCUT2D eigenvalue weighted by molar-refractivity contribution is 5.86. The van der Waals surface area contributed by atoms with Crippen LogP contribution in [0, 0.1) is 5.92 Å². The molecule has 1 rings (SSSR count). The zero-order valence-corrected chi connectivity index (χ0v) is 6.92. The topological polar surface area (TPSA) is 17.1 Å². The van der Waals surface area contributed by atoms with Crippen molar-refractivity contribution < 1.29 is 4.79 Å². The highest BCUT2D eigenvalue weighted by atomic mass is 16.1. The lowest BCUT2D eigenvalue weighted by molar-refractivity contribution is -0.119. The van der Waals surface area contributed by atoms with Crippen molar-refractivity contribution >= 4 is 5.78 Å². The van der Waals surface area contributed by atoms with E-state index in [0.717, 1.165) is 12.8 Å². The van der Waals surface area contributed by atoms with E-state index in [2.05, 4.69) is 19.1 Å². The molecule has 0 bridgehead atoms. The molecule has 1 atom stereocenters. The van der Waals surface area contributed by atoms with Crippen LogP contribution in [-0.2, 0) is 4.79 Å². The van der Waals surface area contributed by atoms with E-state index in [4.69, 9.17) is 0 Å². The van der Waals surface area contributed by atoms with Crippen LogP contribution in [0.3, 0.4) is 0 Å². The molecular weight excluding hydrogens is 136 g/mol. The summed E-state index contributed by atoms with van der Waals surface area (Å²) in [5.41, 5.74) is 0. The van der Waals surface area contributed by atoms with Gasteiger partial charge < -0.3 is 0 Å². The molecule has 0 aromatic rings. The fourth-order valence-electron chi connectivity index (χ4n) is 1.23. The molecule has 1 aliphatic carbocycles. The maximum atomic E-state index is 11.1. The van der Waals surface area contributed by atoms with Crippen LogP contribution in [0.2, 0.25) is 0 Å². The molecular formula is C10H14O. The van der Waals surface area contributed by atoms with Crippen molar-refractivity contribution in [2.75, 3.05) is 0 Å². The van der Waals surface area contributed by atoms with Crippen molar-refractivity contribution in [1.29, 1.82) is 0 Å². The molecule has 1 unspecified atom stereocenters. The third-order valence-electron chi connectivity index (χ3n) is 1.89. The van der Waals surface area contributed by atoms with Crippen molar-refractivity contribution in [2.24, 2.45) is 5.92 Å². The van der Waals surface area contributed by atoms with Crippen LogP contribution in [0.4, 0.5) is 0 Å². The summed E-state index contributed by atoms with van der Waals surface area (Å²) in [6, 6.07) is 0. The number of hydrogen-bond donors (Lipinski definition) is 0. The van der Waals surface area contributed by atoms with Crippen molar-refractivity contribution in [3.8, 4) is 0 Å². The second kappa shape index (κ2) is 4.12. The van der Waals surface area contributed by atoms with Crippen LogP contribution in [-0.4, -0.2) is 5.78 Å². The number of hydrogen-bond acceptors (Lipinski definition) is 1. The van der Waals surface area contributed by atoms with Gasteiger partial charge in [-0.2, -0.15) is 0 Å². The largest absolute Gasteiger partial charge is 0.299 e. The first-order chi connectivity index (χ1) is 5.34. The van der Waals surface area contributed by atoms with Gasteiger partial charge in [0.15, 0.2) is 0 Å². The quantitative estimate of drug-likeness (QED) is 0.565. The molecule has 0 spiro atoms. The Morgan fingerprint density at radius 3 is 3.00 bits per heavy atom. The maximum absolute atomic E-state index is 11.1. The van der Waals surface area contributed by atoms with Gasteiger partial charge in [0.25, 0.3) is 0 Å². The Hall–Kier alpha value is -0.850. The molecule has 0 aromatic carbocycles. The summed E-state index contributed by atoms with van der Waals surface area (Å²) >= 11 is 0. The summed E-state index contributed by atoms with van der Waals surface area (Å²) in [7, 11) is 0. The molecule has 1 aliphatic rings. The molecule has 0 saturated carbocycles. The lowest BCUT2D eigenvalue weighted by Gasteiger charge is -1.99. The first-order valence-electron chi connectivity index (χ1n) is 4.19. The molecule has 1 nitrogen and oxygen atoms in total. The molecule has 0 fully saturated rings. The third-order valence-corrected chi connectivity index (χ3v) is 1.89. The minimum Gasteiger partial charge on any atom is -0.299 e. The summed E-state index contributed by atoms with van der Waals surface area (Å²) in [5, 5.41) is 0. The number of rotatable bonds is 3. The Kier molecular flexibility index (Phi) is 3.09. The second-order valence-corrected chi connectivity index (χ2v) is 2.82. The monoisotopic (exact) mass is 150 g/mol. The first kappa shape index (κ1) is 8.25. The van der Waals surface area contributed by atoms with E-state index in [9.17, 15) is 4.79 Å². The van der Waals surface area contributed by atoms with E-state index in [1.807, 2.05) is 12.2 Å². The minimum atomic E-state index is 0.179. The van der Waals surface area contributed by atoms with Crippen LogP contribution in [0.25, 0.3) is 0 Å². The average molecular weight is 150 g/mol. The van der Waals surface area contributed by atoms with Gasteiger partial charge in [-0.25, -0.2) is 0 Å². The van der Waals surface area contributed by atoms with Crippen LogP contribution < -0.4 is 0 Å². The molecule has 0 saturated heterocycles. The molecule has 0 radical (unpaired) electrons. The summed E-state index contributed by atoms with van der Waals surface area (Å²) in [5.74, 6) is 0.545. The van der Waals surface area contributed by atoms with Crippen LogP contribution in [0.1, 0.15) is 26.2 Å². The Labute approximate surface area is 67.8 Å². The lowest BCUT2D eigenvalue weighted by Crippen LogP contribution is -2.04. The van der Waals surface area contributed by atoms with Crippen molar-refractivity contribution in [1.82, 2.24) is 0 Å². The normalized spacial score (nSPS) is 23.7. The molecule has 1 heteroatoms. The van der Waals surface area contributed by atoms with Crippen LogP contribution in [0.5, 0.6) is 0 Å². The smallest absolute Gasteiger partial charge is 0.143 e. The summed E-state index contributed by atoms with van der Waals surface area (Å²) in [4.78, 5) is 11.1. The third kappa shape index (κ3) is 2.34. The Morgan fingerprint density at radius 2 is 2.45 bits per heavy atom. The zero-order chi connectivity index (χ0) is 8.10. The number of Topliss-reactive ketones (excluding diaryl/α,β-unsaturated/α-hetero) is 1. The van der Waals surface area contributed by atoms with Gasteiger partial charge in [0.05, 0.1) is 0 Å². The van der Waals surface area contributed by atoms with E-state index >= 15 is 0 Å². The van der Waals surface area contributed by atoms with E-state index in [0.29, 0.717) is 12.2 Å². The molecule has 0 N–H and O–H groups in total. The van der Waals surface area contributed by atoms with E-state index in [1.165, 1.54) is 0 Å². The predicted octanol–water partition coefficient (Wildman–Crippen LogP) is 2.49. The van der Waals surface area contributed by atoms with E-state index in [-0.39, 0.29) is 5.92 Å². The van der Waals surface area contributed by atoms with Crippen molar-refractivity contribution in [3.63, 3.8) is 0 Å². The van der Waals surface area contributed by atoms with Gasteiger partial charge in [-0.15, -0.1) is 0 Å². The zero-order valence-electron chi connectivity index (χ0n) is 6.92. The Morgan fingerprint density at radius 1 is 1.64 bits per heavy atom. The van der Waals surface area contributed by atoms with Crippen LogP contribution in [0.15, 0.2) is 24.3 Å². The standard InChI is InChI=1S/C10H14O/c1-2-3-4-6-9-7-5-8-10(9)11/h3-5,7,9H,2,6,8H2,1H3/b4-3-. The molecule has 11 heavy (non-hydrogen) atoms. The molecule has 0 amide bonds. The highest BCUT2D eigenvalue weighted by Gasteiger charge is 2.16. The number of carbonyl (C=O) groups excluding carboxylic acids is 1. The first-order valence-corrected chi connectivity index (χ1v) is 4.19. The molecule has 0 aliphatic heterocycles. The molecule has 0 heterocycles. The van der Waals surface area contributed by atoms with Gasteiger partial charge in [0.2, 0.25) is 0 Å². The van der Waals surface area contributed by atoms with Gasteiger partial charge in [-0.05, 0) is 12.8 Å². The van der Waals surface area contributed by atoms with Crippen LogP contribution >= 0.6 is 0 Å². The number of allylic oxidation sites excluding steroid dienone is 4. The highest BCUT2D eigenvalue weighted by Crippen LogP contribution is 2.16. The fraction of sp³-hybridized carbons (Fsp3) is 0.500. The molecule has 0 aromatic heterocycles. The minimum absolute atomic E-state index is 0.179. The van der Waals surface area contributed by atoms with Crippen molar-refractivity contribution in [3.05, 3.63) is 24.3 Å². The van der Waals surface area contributed by atoms with Gasteiger partial charge in [0, 0.05) is 12.3 Å². The predicted molar refractivity (Wildman–Crippen MR) is 46.3 cm³/mol. The Balaban J connectivity index is 2.31. The SMILES string of the molecule is CC/C=C\CC1C=CCC1=O. The number of carbonyl (C=O) groups is 1. The van der Waals surface area contributed by atoms with Gasteiger partial charge in [0.1, 0.15) is 5.78 Å². The van der Waals surface area contributed by atoms with E-state index in [1.54, 1.807) is 0 Å². The van der Waals surface area contributed by atoms with E-state index < -0.39 is 0 Å². The van der Waals surface area contributed by atoms with Gasteiger partial charge >= 0.3 is 0 Å². The lowest BCUT2D eigenvalue weighted by atomic mass is 10.0. The number of ketones is 1. The van der Waals surface area contributed by atoms with Gasteiger partial charge in [-0.3, -0.25) is 4.79 Å². The maximum Gasteiger partial charge on any atom is 0.143 e. The van der Waals surface area contributed by atoms with Gasteiger partial charge in [-0.1, -0.05) is 31.2 Å². The Bertz CT molecular complexity index is 189. The summed E-state index contributed by atoms with van der Waals surface area (Å²) < 4.78 is 0. The summed E-state index contributed by atoms with van der Waals surface area (Å²) in [6.07, 6.45) is 10.8. The summed E-state index contributed by atoms with van der Waals surface area (Å²) in [6.45, 7) is 2.10. The molecule has 60 valence electrons. The second-order valence-electron chi connectivity index (χ2n) is 2.82. The van der Waals surface area contributed by atoms with Crippen molar-refractivity contribution in [2.45, 2.75) is 26.2 Å².